The second kappa shape index (κ2) is 8.65. The number of nitrogens with zero attached hydrogens (tertiary/aromatic N) is 4. The highest BCUT2D eigenvalue weighted by atomic mass is 32.2. The van der Waals surface area contributed by atoms with Crippen LogP contribution in [0.3, 0.4) is 0 Å². The topological polar surface area (TPSA) is 100 Å². The zero-order valence-corrected chi connectivity index (χ0v) is 18.4. The summed E-state index contributed by atoms with van der Waals surface area (Å²) < 4.78 is 12.2. The molecular formula is C20H20N4O4S2. The molecule has 1 aliphatic rings. The predicted molar refractivity (Wildman–Crippen MR) is 113 cm³/mol. The number of carbonyl (C=O) groups is 2. The van der Waals surface area contributed by atoms with Crippen LogP contribution in [0, 0.1) is 0 Å². The van der Waals surface area contributed by atoms with Gasteiger partial charge in [0, 0.05) is 21.3 Å². The Morgan fingerprint density at radius 3 is 2.60 bits per heavy atom. The summed E-state index contributed by atoms with van der Waals surface area (Å²) in [6.07, 6.45) is 8.77. The molecule has 4 rings (SSSR count). The lowest BCUT2D eigenvalue weighted by Crippen LogP contribution is -2.14. The maximum atomic E-state index is 13.7. The molecule has 1 fully saturated rings. The molecule has 3 aromatic rings. The fourth-order valence-electron chi connectivity index (χ4n) is 3.26. The quantitative estimate of drug-likeness (QED) is 0.290. The van der Waals surface area contributed by atoms with Crippen molar-refractivity contribution in [2.24, 2.45) is 0 Å². The predicted octanol–water partition coefficient (Wildman–Crippen LogP) is 3.98. The highest BCUT2D eigenvalue weighted by molar-refractivity contribution is 8.01. The van der Waals surface area contributed by atoms with E-state index in [1.54, 1.807) is 24.0 Å². The Hall–Kier alpha value is -2.59. The first kappa shape index (κ1) is 20.7. The third-order valence-electron chi connectivity index (χ3n) is 4.77. The monoisotopic (exact) mass is 444 g/mol. The third-order valence-corrected chi connectivity index (χ3v) is 6.56. The summed E-state index contributed by atoms with van der Waals surface area (Å²) in [4.78, 5) is 31.8. The van der Waals surface area contributed by atoms with E-state index in [1.807, 2.05) is 18.6 Å². The average Bonchev–Trinajstić information content (AvgIpc) is 3.27. The van der Waals surface area contributed by atoms with Gasteiger partial charge in [0.15, 0.2) is 11.5 Å². The van der Waals surface area contributed by atoms with E-state index in [4.69, 9.17) is 9.26 Å². The fourth-order valence-corrected chi connectivity index (χ4v) is 5.10. The van der Waals surface area contributed by atoms with Crippen LogP contribution in [0.15, 0.2) is 39.1 Å². The van der Waals surface area contributed by atoms with Crippen LogP contribution in [-0.4, -0.2) is 50.8 Å². The second-order valence-electron chi connectivity index (χ2n) is 6.63. The van der Waals surface area contributed by atoms with Crippen LogP contribution in [0.5, 0.6) is 0 Å². The molecule has 1 aliphatic carbocycles. The summed E-state index contributed by atoms with van der Waals surface area (Å²) in [6, 6.07) is 3.59. The van der Waals surface area contributed by atoms with Crippen LogP contribution in [0.4, 0.5) is 0 Å². The van der Waals surface area contributed by atoms with Crippen molar-refractivity contribution in [3.05, 3.63) is 47.4 Å². The Balaban J connectivity index is 1.84. The minimum Gasteiger partial charge on any atom is -0.461 e. The molecular weight excluding hydrogens is 424 g/mol. The molecule has 0 spiro atoms. The van der Waals surface area contributed by atoms with Crippen molar-refractivity contribution in [1.29, 1.82) is 0 Å². The molecule has 156 valence electrons. The van der Waals surface area contributed by atoms with Crippen LogP contribution in [0.25, 0.3) is 5.69 Å². The molecule has 0 saturated heterocycles. The molecule has 0 bridgehead atoms. The number of hydrogen-bond donors (Lipinski definition) is 0. The lowest BCUT2D eigenvalue weighted by molar-refractivity contribution is 0.0512. The third kappa shape index (κ3) is 3.65. The van der Waals surface area contributed by atoms with Crippen LogP contribution < -0.4 is 0 Å². The summed E-state index contributed by atoms with van der Waals surface area (Å²) in [5.41, 5.74) is 1.49. The molecule has 2 aromatic heterocycles. The number of ketones is 1. The highest BCUT2D eigenvalue weighted by Gasteiger charge is 2.38. The average molecular weight is 445 g/mol. The van der Waals surface area contributed by atoms with Crippen molar-refractivity contribution < 1.29 is 18.8 Å². The van der Waals surface area contributed by atoms with E-state index < -0.39 is 5.97 Å². The van der Waals surface area contributed by atoms with Gasteiger partial charge in [-0.3, -0.25) is 4.79 Å². The minimum absolute atomic E-state index is 0.0538. The number of hydrogen-bond acceptors (Lipinski definition) is 9. The van der Waals surface area contributed by atoms with Gasteiger partial charge in [0.2, 0.25) is 5.69 Å². The van der Waals surface area contributed by atoms with Crippen molar-refractivity contribution >= 4 is 35.3 Å². The van der Waals surface area contributed by atoms with E-state index in [0.29, 0.717) is 11.3 Å². The van der Waals surface area contributed by atoms with Crippen LogP contribution in [-0.2, 0) is 4.74 Å². The van der Waals surface area contributed by atoms with Gasteiger partial charge < -0.3 is 9.26 Å². The van der Waals surface area contributed by atoms with Crippen molar-refractivity contribution in [1.82, 2.24) is 19.9 Å². The normalized spacial score (nSPS) is 13.4. The molecule has 0 radical (unpaired) electrons. The van der Waals surface area contributed by atoms with Gasteiger partial charge in [0.25, 0.3) is 0 Å². The largest absolute Gasteiger partial charge is 0.461 e. The molecule has 1 aromatic carbocycles. The van der Waals surface area contributed by atoms with Gasteiger partial charge in [-0.2, -0.15) is 5.10 Å². The first-order valence-corrected chi connectivity index (χ1v) is 11.9. The minimum atomic E-state index is -0.647. The number of carbonyl (C=O) groups excluding carboxylic acids is 2. The summed E-state index contributed by atoms with van der Waals surface area (Å²) in [5, 5.41) is 8.10. The van der Waals surface area contributed by atoms with E-state index in [9.17, 15) is 9.59 Å². The first-order chi connectivity index (χ1) is 14.6. The smallest absolute Gasteiger partial charge is 0.361 e. The Bertz CT molecular complexity index is 1090. The molecule has 0 atom stereocenters. The van der Waals surface area contributed by atoms with Gasteiger partial charge in [0.1, 0.15) is 18.2 Å². The molecule has 30 heavy (non-hydrogen) atoms. The van der Waals surface area contributed by atoms with Gasteiger partial charge in [0.05, 0.1) is 12.3 Å². The number of benzene rings is 1. The van der Waals surface area contributed by atoms with Gasteiger partial charge >= 0.3 is 5.97 Å². The van der Waals surface area contributed by atoms with Gasteiger partial charge in [-0.1, -0.05) is 5.16 Å². The fraction of sp³-hybridized carbons (Fsp3) is 0.350. The molecule has 0 unspecified atom stereocenters. The Morgan fingerprint density at radius 1 is 1.23 bits per heavy atom. The summed E-state index contributed by atoms with van der Waals surface area (Å²) in [7, 11) is 0. The molecule has 1 saturated carbocycles. The van der Waals surface area contributed by atoms with Crippen molar-refractivity contribution in [3.63, 3.8) is 0 Å². The van der Waals surface area contributed by atoms with Crippen LogP contribution >= 0.6 is 23.5 Å². The molecule has 2 heterocycles. The van der Waals surface area contributed by atoms with E-state index in [-0.39, 0.29) is 29.6 Å². The Morgan fingerprint density at radius 2 is 2.00 bits per heavy atom. The van der Waals surface area contributed by atoms with Crippen LogP contribution in [0.1, 0.15) is 57.9 Å². The summed E-state index contributed by atoms with van der Waals surface area (Å²) in [6.45, 7) is 1.90. The SMILES string of the molecule is CCOC(=O)c1noc(C2CC2)c1C(=O)c1ccc(-n2cncn2)c(SC)c1SC. The van der Waals surface area contributed by atoms with Crippen LogP contribution in [0.2, 0.25) is 0 Å². The number of thioether (sulfide) groups is 2. The van der Waals surface area contributed by atoms with Crippen molar-refractivity contribution in [2.45, 2.75) is 35.5 Å². The van der Waals surface area contributed by atoms with E-state index in [0.717, 1.165) is 28.3 Å². The zero-order valence-electron chi connectivity index (χ0n) is 16.7. The standard InChI is InChI=1S/C20H20N4O4S2/c1-4-27-20(26)15-14(17(28-23-15)11-5-6-11)16(25)12-7-8-13(24-10-21-9-22-24)19(30-3)18(12)29-2/h7-11H,4-6H2,1-3H3. The number of aromatic nitrogens is 4. The maximum absolute atomic E-state index is 13.7. The maximum Gasteiger partial charge on any atom is 0.361 e. The second-order valence-corrected chi connectivity index (χ2v) is 8.27. The molecule has 0 aliphatic heterocycles. The van der Waals surface area contributed by atoms with Gasteiger partial charge in [-0.05, 0) is 44.4 Å². The lowest BCUT2D eigenvalue weighted by Gasteiger charge is -2.15. The van der Waals surface area contributed by atoms with Gasteiger partial charge in [-0.15, -0.1) is 23.5 Å². The number of rotatable bonds is 8. The van der Waals surface area contributed by atoms with Gasteiger partial charge in [-0.25, -0.2) is 14.5 Å². The molecule has 0 N–H and O–H groups in total. The molecule has 8 nitrogen and oxygen atoms in total. The Kier molecular flexibility index (Phi) is 5.96. The van der Waals surface area contributed by atoms with E-state index in [1.165, 1.54) is 29.9 Å². The van der Waals surface area contributed by atoms with E-state index in [2.05, 4.69) is 15.2 Å². The van der Waals surface area contributed by atoms with Crippen molar-refractivity contribution in [3.8, 4) is 5.69 Å². The molecule has 10 heteroatoms. The zero-order chi connectivity index (χ0) is 21.3. The van der Waals surface area contributed by atoms with Crippen molar-refractivity contribution in [2.75, 3.05) is 19.1 Å². The summed E-state index contributed by atoms with van der Waals surface area (Å²) >= 11 is 2.99. The highest BCUT2D eigenvalue weighted by Crippen LogP contribution is 2.44. The van der Waals surface area contributed by atoms with E-state index >= 15 is 0 Å². The number of esters is 1. The first-order valence-electron chi connectivity index (χ1n) is 9.42. The lowest BCUT2D eigenvalue weighted by atomic mass is 9.99. The summed E-state index contributed by atoms with van der Waals surface area (Å²) in [5.74, 6) is -0.342. The Labute approximate surface area is 181 Å². The molecule has 0 amide bonds. The number of ether oxygens (including phenoxy) is 1.